The number of ether oxygens (including phenoxy) is 1. The van der Waals surface area contributed by atoms with Gasteiger partial charge in [-0.1, -0.05) is 19.4 Å². The van der Waals surface area contributed by atoms with Gasteiger partial charge in [-0.2, -0.15) is 5.10 Å². The molecule has 7 heteroatoms. The highest BCUT2D eigenvalue weighted by Gasteiger charge is 2.59. The molecule has 27 heavy (non-hydrogen) atoms. The molecule has 0 saturated heterocycles. The van der Waals surface area contributed by atoms with Crippen LogP contribution in [0.2, 0.25) is 0 Å². The number of halogens is 3. The van der Waals surface area contributed by atoms with Gasteiger partial charge in [0.15, 0.2) is 0 Å². The maximum absolute atomic E-state index is 13.8. The Bertz CT molecular complexity index is 895. The molecule has 1 heterocycles. The molecule has 144 valence electrons. The fraction of sp³-hybridized carbons (Fsp3) is 0.500. The van der Waals surface area contributed by atoms with Crippen molar-refractivity contribution in [1.29, 1.82) is 0 Å². The van der Waals surface area contributed by atoms with E-state index in [0.717, 1.165) is 30.4 Å². The lowest BCUT2D eigenvalue weighted by molar-refractivity contribution is -0.0415. The van der Waals surface area contributed by atoms with Crippen molar-refractivity contribution in [2.24, 2.45) is 13.0 Å². The fourth-order valence-corrected chi connectivity index (χ4v) is 4.99. The number of aryl methyl sites for hydroxylation is 1. The topological polar surface area (TPSA) is 44.1 Å². The summed E-state index contributed by atoms with van der Waals surface area (Å²) in [6.07, 6.45) is 1.54. The number of esters is 1. The van der Waals surface area contributed by atoms with Crippen molar-refractivity contribution in [3.63, 3.8) is 0 Å². The summed E-state index contributed by atoms with van der Waals surface area (Å²) in [7, 11) is 1.49. The average molecular weight is 378 g/mol. The number of aromatic nitrogens is 2. The maximum atomic E-state index is 13.8. The lowest BCUT2D eigenvalue weighted by Crippen LogP contribution is -2.34. The van der Waals surface area contributed by atoms with Gasteiger partial charge in [-0.3, -0.25) is 4.68 Å². The number of nitrogens with zero attached hydrogens (tertiary/aromatic N) is 2. The van der Waals surface area contributed by atoms with Crippen LogP contribution in [0.4, 0.5) is 13.2 Å². The Morgan fingerprint density at radius 1 is 1.44 bits per heavy atom. The van der Waals surface area contributed by atoms with Gasteiger partial charge in [-0.25, -0.2) is 18.0 Å². The summed E-state index contributed by atoms with van der Waals surface area (Å²) in [5.41, 5.74) is 0.0342. The summed E-state index contributed by atoms with van der Waals surface area (Å²) < 4.78 is 47.5. The SMILES string of the molecule is CCCC1C2CCC1(OC(=O)c1cn(C)nc1C(F)F)c1ccc(F)cc12. The molecule has 0 N–H and O–H groups in total. The van der Waals surface area contributed by atoms with E-state index >= 15 is 0 Å². The van der Waals surface area contributed by atoms with Crippen LogP contribution in [0.1, 0.15) is 72.1 Å². The van der Waals surface area contributed by atoms with E-state index in [4.69, 9.17) is 4.74 Å². The standard InChI is InChI=1S/C20H21F3N2O2/c1-3-4-15-12-7-8-20(15,16-6-5-11(21)9-13(12)16)27-19(26)14-10-25(2)24-17(14)18(22)23/h5-6,9-10,12,15,18H,3-4,7-8H2,1-2H3. The molecule has 1 fully saturated rings. The number of rotatable bonds is 5. The molecule has 1 saturated carbocycles. The summed E-state index contributed by atoms with van der Waals surface area (Å²) in [6, 6.07) is 4.57. The minimum absolute atomic E-state index is 0.0370. The summed E-state index contributed by atoms with van der Waals surface area (Å²) >= 11 is 0. The first-order chi connectivity index (χ1) is 12.9. The Morgan fingerprint density at radius 3 is 2.93 bits per heavy atom. The van der Waals surface area contributed by atoms with Crippen LogP contribution in [-0.4, -0.2) is 15.7 Å². The van der Waals surface area contributed by atoms with Crippen molar-refractivity contribution in [3.8, 4) is 0 Å². The number of alkyl halides is 2. The van der Waals surface area contributed by atoms with E-state index < -0.39 is 23.7 Å². The Morgan fingerprint density at radius 2 is 2.22 bits per heavy atom. The fourth-order valence-electron chi connectivity index (χ4n) is 4.99. The molecule has 2 aliphatic carbocycles. The van der Waals surface area contributed by atoms with Gasteiger partial charge in [0.25, 0.3) is 6.43 Å². The number of hydrogen-bond donors (Lipinski definition) is 0. The quantitative estimate of drug-likeness (QED) is 0.698. The number of carbonyl (C=O) groups is 1. The van der Waals surface area contributed by atoms with Gasteiger partial charge in [-0.15, -0.1) is 0 Å². The molecule has 4 nitrogen and oxygen atoms in total. The third-order valence-corrected chi connectivity index (χ3v) is 5.94. The predicted octanol–water partition coefficient (Wildman–Crippen LogP) is 4.86. The number of carbonyl (C=O) groups excluding carboxylic acids is 1. The lowest BCUT2D eigenvalue weighted by Gasteiger charge is -2.33. The van der Waals surface area contributed by atoms with E-state index in [0.29, 0.717) is 6.42 Å². The average Bonchev–Trinajstić information content (AvgIpc) is 3.24. The molecule has 1 aromatic carbocycles. The summed E-state index contributed by atoms with van der Waals surface area (Å²) in [5, 5.41) is 3.69. The minimum Gasteiger partial charge on any atom is -0.450 e. The van der Waals surface area contributed by atoms with Gasteiger partial charge >= 0.3 is 5.97 Å². The molecule has 3 atom stereocenters. The molecule has 0 spiro atoms. The Kier molecular flexibility index (Phi) is 4.28. The van der Waals surface area contributed by atoms with Crippen molar-refractivity contribution >= 4 is 5.97 Å². The molecule has 1 aromatic heterocycles. The third kappa shape index (κ3) is 2.66. The molecular weight excluding hydrogens is 357 g/mol. The van der Waals surface area contributed by atoms with E-state index in [9.17, 15) is 18.0 Å². The van der Waals surface area contributed by atoms with Gasteiger partial charge < -0.3 is 4.74 Å². The molecule has 0 amide bonds. The van der Waals surface area contributed by atoms with Crippen LogP contribution in [0, 0.1) is 11.7 Å². The van der Waals surface area contributed by atoms with Crippen molar-refractivity contribution in [2.45, 2.75) is 50.6 Å². The van der Waals surface area contributed by atoms with Crippen molar-refractivity contribution in [2.75, 3.05) is 0 Å². The molecule has 2 bridgehead atoms. The highest BCUT2D eigenvalue weighted by molar-refractivity contribution is 5.91. The Hall–Kier alpha value is -2.31. The van der Waals surface area contributed by atoms with Gasteiger partial charge in [-0.05, 0) is 48.4 Å². The maximum Gasteiger partial charge on any atom is 0.342 e. The molecule has 0 aliphatic heterocycles. The van der Waals surface area contributed by atoms with Crippen LogP contribution >= 0.6 is 0 Å². The molecule has 0 radical (unpaired) electrons. The van der Waals surface area contributed by atoms with E-state index in [1.54, 1.807) is 6.07 Å². The van der Waals surface area contributed by atoms with Gasteiger partial charge in [0, 0.05) is 19.2 Å². The zero-order chi connectivity index (χ0) is 19.3. The number of benzene rings is 1. The number of hydrogen-bond acceptors (Lipinski definition) is 3. The Labute approximate surface area is 155 Å². The third-order valence-electron chi connectivity index (χ3n) is 5.94. The smallest absolute Gasteiger partial charge is 0.342 e. The second-order valence-corrected chi connectivity index (χ2v) is 7.45. The molecule has 2 aliphatic rings. The highest BCUT2D eigenvalue weighted by atomic mass is 19.3. The van der Waals surface area contributed by atoms with Crippen LogP contribution in [0.15, 0.2) is 24.4 Å². The second-order valence-electron chi connectivity index (χ2n) is 7.45. The van der Waals surface area contributed by atoms with Crippen LogP contribution in [0.25, 0.3) is 0 Å². The minimum atomic E-state index is -2.86. The van der Waals surface area contributed by atoms with Crippen LogP contribution in [-0.2, 0) is 17.4 Å². The van der Waals surface area contributed by atoms with Crippen molar-refractivity contribution in [3.05, 3.63) is 52.6 Å². The normalized spacial score (nSPS) is 25.9. The second kappa shape index (κ2) is 6.39. The summed E-state index contributed by atoms with van der Waals surface area (Å²) in [5.74, 6) is -0.940. The van der Waals surface area contributed by atoms with Crippen LogP contribution < -0.4 is 0 Å². The molecule has 2 aromatic rings. The van der Waals surface area contributed by atoms with E-state index in [2.05, 4.69) is 12.0 Å². The summed E-state index contributed by atoms with van der Waals surface area (Å²) in [4.78, 5) is 12.9. The molecular formula is C20H21F3N2O2. The zero-order valence-corrected chi connectivity index (χ0v) is 15.2. The first kappa shape index (κ1) is 18.1. The molecule has 3 unspecified atom stereocenters. The Balaban J connectivity index is 1.74. The van der Waals surface area contributed by atoms with E-state index in [1.807, 2.05) is 0 Å². The van der Waals surface area contributed by atoms with Gasteiger partial charge in [0.1, 0.15) is 22.7 Å². The summed E-state index contributed by atoms with van der Waals surface area (Å²) in [6.45, 7) is 2.05. The van der Waals surface area contributed by atoms with Crippen molar-refractivity contribution < 1.29 is 22.7 Å². The van der Waals surface area contributed by atoms with E-state index in [-0.39, 0.29) is 23.2 Å². The first-order valence-corrected chi connectivity index (χ1v) is 9.22. The number of fused-ring (bicyclic) bond motifs is 5. The zero-order valence-electron chi connectivity index (χ0n) is 15.2. The lowest BCUT2D eigenvalue weighted by atomic mass is 9.85. The molecule has 4 rings (SSSR count). The van der Waals surface area contributed by atoms with Crippen molar-refractivity contribution in [1.82, 2.24) is 9.78 Å². The van der Waals surface area contributed by atoms with Gasteiger partial charge in [0.2, 0.25) is 0 Å². The highest BCUT2D eigenvalue weighted by Crippen LogP contribution is 2.63. The largest absolute Gasteiger partial charge is 0.450 e. The van der Waals surface area contributed by atoms with E-state index in [1.165, 1.54) is 30.1 Å². The first-order valence-electron chi connectivity index (χ1n) is 9.22. The monoisotopic (exact) mass is 378 g/mol. The van der Waals surface area contributed by atoms with Gasteiger partial charge in [0.05, 0.1) is 0 Å². The van der Waals surface area contributed by atoms with Crippen LogP contribution in [0.3, 0.4) is 0 Å². The van der Waals surface area contributed by atoms with Crippen LogP contribution in [0.5, 0.6) is 0 Å². The predicted molar refractivity (Wildman–Crippen MR) is 92.0 cm³/mol.